The Morgan fingerprint density at radius 2 is 1.95 bits per heavy atom. The Balaban J connectivity index is 2.70. The molecule has 6 heteroatoms. The smallest absolute Gasteiger partial charge is 0.323 e. The van der Waals surface area contributed by atoms with Gasteiger partial charge in [0, 0.05) is 6.16 Å². The van der Waals surface area contributed by atoms with E-state index in [1.165, 1.54) is 0 Å². The maximum Gasteiger partial charge on any atom is 0.323 e. The third-order valence-corrected chi connectivity index (χ3v) is 4.56. The molecule has 0 fully saturated rings. The molecule has 0 aliphatic carbocycles. The van der Waals surface area contributed by atoms with Crippen LogP contribution in [-0.4, -0.2) is 24.8 Å². The molecule has 0 unspecified atom stereocenters. The van der Waals surface area contributed by atoms with E-state index in [4.69, 9.17) is 9.26 Å². The average molecular weight is 285 g/mol. The van der Waals surface area contributed by atoms with Gasteiger partial charge in [-0.25, -0.2) is 5.09 Å². The summed E-state index contributed by atoms with van der Waals surface area (Å²) in [6, 6.07) is 8.21. The Bertz CT molecular complexity index is 449. The Labute approximate surface area is 113 Å². The highest BCUT2D eigenvalue weighted by atomic mass is 31.2. The van der Waals surface area contributed by atoms with Crippen molar-refractivity contribution in [2.45, 2.75) is 26.8 Å². The van der Waals surface area contributed by atoms with Crippen molar-refractivity contribution in [1.29, 1.82) is 0 Å². The van der Waals surface area contributed by atoms with Crippen LogP contribution in [0.4, 0.5) is 0 Å². The number of ether oxygens (including phenoxy) is 1. The van der Waals surface area contributed by atoms with E-state index in [0.29, 0.717) is 12.4 Å². The monoisotopic (exact) mass is 285 g/mol. The van der Waals surface area contributed by atoms with Crippen molar-refractivity contribution in [1.82, 2.24) is 5.09 Å². The molecular weight excluding hydrogens is 265 g/mol. The Kier molecular flexibility index (Phi) is 6.06. The SMILES string of the molecule is CCOC(=O)[C@@H](C)N[P@](=O)(CC)Oc1ccccc1. The van der Waals surface area contributed by atoms with E-state index in [-0.39, 0.29) is 6.16 Å². The predicted molar refractivity (Wildman–Crippen MR) is 74.4 cm³/mol. The topological polar surface area (TPSA) is 64.6 Å². The van der Waals surface area contributed by atoms with Crippen LogP contribution in [0.5, 0.6) is 5.75 Å². The summed E-state index contributed by atoms with van der Waals surface area (Å²) in [6.45, 7) is 5.37. The minimum Gasteiger partial charge on any atom is -0.465 e. The Morgan fingerprint density at radius 3 is 2.47 bits per heavy atom. The van der Waals surface area contributed by atoms with E-state index in [1.807, 2.05) is 6.07 Å². The molecule has 0 radical (unpaired) electrons. The lowest BCUT2D eigenvalue weighted by Crippen LogP contribution is -2.35. The van der Waals surface area contributed by atoms with E-state index in [9.17, 15) is 9.36 Å². The van der Waals surface area contributed by atoms with Crippen molar-refractivity contribution in [2.24, 2.45) is 0 Å². The molecule has 0 aliphatic heterocycles. The van der Waals surface area contributed by atoms with Crippen LogP contribution < -0.4 is 9.61 Å². The van der Waals surface area contributed by atoms with Crippen molar-refractivity contribution in [3.05, 3.63) is 30.3 Å². The zero-order valence-corrected chi connectivity index (χ0v) is 12.4. The van der Waals surface area contributed by atoms with E-state index in [1.54, 1.807) is 45.0 Å². The normalized spacial score (nSPS) is 15.3. The van der Waals surface area contributed by atoms with Crippen molar-refractivity contribution >= 4 is 13.5 Å². The first-order valence-electron chi connectivity index (χ1n) is 6.29. The Morgan fingerprint density at radius 1 is 1.32 bits per heavy atom. The van der Waals surface area contributed by atoms with Crippen LogP contribution in [0.2, 0.25) is 0 Å². The standard InChI is InChI=1S/C13H20NO4P/c1-4-17-13(15)11(3)14-19(16,5-2)18-12-9-7-6-8-10-12/h6-11H,4-5H2,1-3H3,(H,14,16)/t11-,19+/m1/s1. The molecule has 0 aliphatic rings. The highest BCUT2D eigenvalue weighted by Crippen LogP contribution is 2.42. The zero-order valence-electron chi connectivity index (χ0n) is 11.5. The first kappa shape index (κ1) is 15.7. The summed E-state index contributed by atoms with van der Waals surface area (Å²) < 4.78 is 22.9. The van der Waals surface area contributed by atoms with Crippen LogP contribution in [0.3, 0.4) is 0 Å². The molecule has 1 rings (SSSR count). The molecule has 0 saturated heterocycles. The first-order valence-corrected chi connectivity index (χ1v) is 8.10. The van der Waals surface area contributed by atoms with Gasteiger partial charge in [0.15, 0.2) is 0 Å². The molecule has 1 N–H and O–H groups in total. The molecule has 1 aromatic rings. The van der Waals surface area contributed by atoms with Gasteiger partial charge >= 0.3 is 13.5 Å². The summed E-state index contributed by atoms with van der Waals surface area (Å²) in [5.74, 6) is 0.0732. The summed E-state index contributed by atoms with van der Waals surface area (Å²) in [5.41, 5.74) is 0. The number of hydrogen-bond donors (Lipinski definition) is 1. The fourth-order valence-electron chi connectivity index (χ4n) is 1.45. The molecular formula is C13H20NO4P. The third-order valence-electron chi connectivity index (χ3n) is 2.44. The number of benzene rings is 1. The summed E-state index contributed by atoms with van der Waals surface area (Å²) >= 11 is 0. The van der Waals surface area contributed by atoms with Crippen LogP contribution in [0.25, 0.3) is 0 Å². The summed E-state index contributed by atoms with van der Waals surface area (Å²) in [7, 11) is -3.11. The lowest BCUT2D eigenvalue weighted by atomic mass is 10.3. The van der Waals surface area contributed by atoms with Gasteiger partial charge in [0.2, 0.25) is 0 Å². The molecule has 1 aromatic carbocycles. The van der Waals surface area contributed by atoms with Crippen LogP contribution in [0.1, 0.15) is 20.8 Å². The number of carbonyl (C=O) groups excluding carboxylic acids is 1. The molecule has 0 aromatic heterocycles. The van der Waals surface area contributed by atoms with Crippen molar-refractivity contribution in [2.75, 3.05) is 12.8 Å². The lowest BCUT2D eigenvalue weighted by Gasteiger charge is -2.22. The molecule has 0 heterocycles. The van der Waals surface area contributed by atoms with Crippen molar-refractivity contribution < 1.29 is 18.6 Å². The van der Waals surface area contributed by atoms with Gasteiger partial charge in [0.05, 0.1) is 6.61 Å². The number of nitrogens with one attached hydrogen (secondary N) is 1. The second-order valence-electron chi connectivity index (χ2n) is 4.00. The van der Waals surface area contributed by atoms with E-state index in [2.05, 4.69) is 5.09 Å². The van der Waals surface area contributed by atoms with E-state index >= 15 is 0 Å². The molecule has 106 valence electrons. The number of hydrogen-bond acceptors (Lipinski definition) is 4. The highest BCUT2D eigenvalue weighted by Gasteiger charge is 2.28. The highest BCUT2D eigenvalue weighted by molar-refractivity contribution is 7.57. The Hall–Kier alpha value is -1.32. The van der Waals surface area contributed by atoms with Gasteiger partial charge in [0.1, 0.15) is 11.8 Å². The first-order chi connectivity index (χ1) is 9.00. The lowest BCUT2D eigenvalue weighted by molar-refractivity contribution is -0.144. The fourth-order valence-corrected chi connectivity index (χ4v) is 2.97. The minimum absolute atomic E-state index is 0.283. The van der Waals surface area contributed by atoms with E-state index < -0.39 is 19.5 Å². The van der Waals surface area contributed by atoms with Gasteiger partial charge in [-0.15, -0.1) is 0 Å². The number of para-hydroxylation sites is 1. The van der Waals surface area contributed by atoms with Crippen molar-refractivity contribution in [3.8, 4) is 5.75 Å². The number of rotatable bonds is 7. The van der Waals surface area contributed by atoms with Gasteiger partial charge in [-0.05, 0) is 26.0 Å². The van der Waals surface area contributed by atoms with Gasteiger partial charge in [0.25, 0.3) is 0 Å². The minimum atomic E-state index is -3.11. The number of carbonyl (C=O) groups is 1. The molecule has 2 atom stereocenters. The van der Waals surface area contributed by atoms with Crippen molar-refractivity contribution in [3.63, 3.8) is 0 Å². The second kappa shape index (κ2) is 7.31. The quantitative estimate of drug-likeness (QED) is 0.616. The zero-order chi connectivity index (χ0) is 14.3. The van der Waals surface area contributed by atoms with Crippen LogP contribution in [0.15, 0.2) is 30.3 Å². The van der Waals surface area contributed by atoms with Crippen LogP contribution in [0, 0.1) is 0 Å². The summed E-state index contributed by atoms with van der Waals surface area (Å²) in [5, 5.41) is 2.73. The maximum absolute atomic E-state index is 12.5. The summed E-state index contributed by atoms with van der Waals surface area (Å²) in [6.07, 6.45) is 0.283. The second-order valence-corrected chi connectivity index (χ2v) is 6.42. The van der Waals surface area contributed by atoms with Gasteiger partial charge in [-0.3, -0.25) is 9.36 Å². The van der Waals surface area contributed by atoms with E-state index in [0.717, 1.165) is 0 Å². The van der Waals surface area contributed by atoms with Gasteiger partial charge < -0.3 is 9.26 Å². The van der Waals surface area contributed by atoms with Gasteiger partial charge in [-0.1, -0.05) is 25.1 Å². The summed E-state index contributed by atoms with van der Waals surface area (Å²) in [4.78, 5) is 11.5. The molecule has 5 nitrogen and oxygen atoms in total. The van der Waals surface area contributed by atoms with Crippen LogP contribution >= 0.6 is 7.52 Å². The van der Waals surface area contributed by atoms with Crippen LogP contribution in [-0.2, 0) is 14.1 Å². The average Bonchev–Trinajstić information content (AvgIpc) is 2.40. The maximum atomic E-state index is 12.5. The van der Waals surface area contributed by atoms with Gasteiger partial charge in [-0.2, -0.15) is 0 Å². The molecule has 19 heavy (non-hydrogen) atoms. The molecule has 0 saturated carbocycles. The molecule has 0 bridgehead atoms. The fraction of sp³-hybridized carbons (Fsp3) is 0.462. The third kappa shape index (κ3) is 5.05. The molecule has 0 spiro atoms. The largest absolute Gasteiger partial charge is 0.465 e. The predicted octanol–water partition coefficient (Wildman–Crippen LogP) is 2.82. The number of esters is 1. The molecule has 0 amide bonds.